The quantitative estimate of drug-likeness (QED) is 0.234. The Balaban J connectivity index is 1.39. The molecule has 4 rings (SSSR count). The van der Waals surface area contributed by atoms with Crippen LogP contribution in [-0.2, 0) is 11.8 Å². The minimum absolute atomic E-state index is 0.0165. The van der Waals surface area contributed by atoms with E-state index in [0.29, 0.717) is 26.7 Å². The van der Waals surface area contributed by atoms with Gasteiger partial charge in [0.15, 0.2) is 16.1 Å². The maximum Gasteiger partial charge on any atom is 0.253 e. The van der Waals surface area contributed by atoms with Crippen molar-refractivity contribution in [3.8, 4) is 11.3 Å². The maximum atomic E-state index is 12.9. The van der Waals surface area contributed by atoms with Crippen molar-refractivity contribution >= 4 is 63.2 Å². The van der Waals surface area contributed by atoms with Gasteiger partial charge in [0.1, 0.15) is 0 Å². The lowest BCUT2D eigenvalue weighted by atomic mass is 10.0. The van der Waals surface area contributed by atoms with E-state index in [-0.39, 0.29) is 28.5 Å². The summed E-state index contributed by atoms with van der Waals surface area (Å²) in [7, 11) is 1.80. The molecule has 2 heterocycles. The summed E-state index contributed by atoms with van der Waals surface area (Å²) in [6.07, 6.45) is 0. The lowest BCUT2D eigenvalue weighted by Crippen LogP contribution is -2.33. The van der Waals surface area contributed by atoms with Gasteiger partial charge in [0.05, 0.1) is 28.1 Å². The van der Waals surface area contributed by atoms with Gasteiger partial charge in [-0.2, -0.15) is 0 Å². The Kier molecular flexibility index (Phi) is 8.86. The van der Waals surface area contributed by atoms with E-state index in [4.69, 9.17) is 23.2 Å². The van der Waals surface area contributed by atoms with E-state index in [1.807, 2.05) is 49.6 Å². The molecule has 2 amide bonds. The van der Waals surface area contributed by atoms with Gasteiger partial charge in [-0.25, -0.2) is 4.98 Å². The fraction of sp³-hybridized carbons (Fsp3) is 0.240. The maximum absolute atomic E-state index is 12.9. The number of nitrogens with one attached hydrogen (secondary N) is 2. The SMILES string of the molecule is CC(C)[C@@H](NC(=O)c1ccc(Cl)cc1Cl)c1nnc(SCC(=O)Nc2nc(-c3ccccc3)cs2)n1C. The molecule has 12 heteroatoms. The number of anilines is 1. The molecular weight excluding hydrogens is 551 g/mol. The number of hydrogen-bond acceptors (Lipinski definition) is 7. The lowest BCUT2D eigenvalue weighted by Gasteiger charge is -2.22. The number of nitrogens with zero attached hydrogens (tertiary/aromatic N) is 4. The number of halogens is 2. The highest BCUT2D eigenvalue weighted by molar-refractivity contribution is 7.99. The van der Waals surface area contributed by atoms with E-state index < -0.39 is 6.04 Å². The average Bonchev–Trinajstić information content (AvgIpc) is 3.48. The Morgan fingerprint density at radius 2 is 1.86 bits per heavy atom. The molecule has 0 aliphatic heterocycles. The Morgan fingerprint density at radius 3 is 2.57 bits per heavy atom. The molecule has 0 saturated carbocycles. The summed E-state index contributed by atoms with van der Waals surface area (Å²) in [6, 6.07) is 14.1. The summed E-state index contributed by atoms with van der Waals surface area (Å²) in [4.78, 5) is 29.9. The molecule has 37 heavy (non-hydrogen) atoms. The highest BCUT2D eigenvalue weighted by Gasteiger charge is 2.26. The topological polar surface area (TPSA) is 102 Å². The standard InChI is InChI=1S/C25H24Cl2N6O2S2/c1-14(2)21(30-23(35)17-10-9-16(26)11-18(17)27)22-31-32-25(33(22)3)37-13-20(34)29-24-28-19(12-36-24)15-7-5-4-6-8-15/h4-12,14,21H,13H2,1-3H3,(H,30,35)(H,28,29,34)/t21-/m1/s1. The van der Waals surface area contributed by atoms with Crippen molar-refractivity contribution < 1.29 is 9.59 Å². The molecule has 4 aromatic rings. The van der Waals surface area contributed by atoms with Crippen LogP contribution in [0.5, 0.6) is 0 Å². The molecule has 2 aromatic carbocycles. The second-order valence-corrected chi connectivity index (χ2v) is 11.1. The zero-order chi connectivity index (χ0) is 26.5. The van der Waals surface area contributed by atoms with Crippen LogP contribution in [0.3, 0.4) is 0 Å². The van der Waals surface area contributed by atoms with E-state index >= 15 is 0 Å². The van der Waals surface area contributed by atoms with Gasteiger partial charge in [-0.05, 0) is 24.1 Å². The molecule has 0 saturated heterocycles. The molecule has 0 aliphatic carbocycles. The Hall–Kier alpha value is -2.92. The molecule has 192 valence electrons. The molecular formula is C25H24Cl2N6O2S2. The zero-order valence-corrected chi connectivity index (χ0v) is 23.4. The van der Waals surface area contributed by atoms with Crippen LogP contribution in [0.15, 0.2) is 59.1 Å². The molecule has 0 fully saturated rings. The second kappa shape index (κ2) is 12.1. The van der Waals surface area contributed by atoms with Gasteiger partial charge in [0, 0.05) is 23.0 Å². The second-order valence-electron chi connectivity index (χ2n) is 8.46. The van der Waals surface area contributed by atoms with Crippen LogP contribution in [0, 0.1) is 5.92 Å². The van der Waals surface area contributed by atoms with Crippen molar-refractivity contribution in [1.82, 2.24) is 25.1 Å². The number of amides is 2. The monoisotopic (exact) mass is 574 g/mol. The van der Waals surface area contributed by atoms with Crippen LogP contribution in [0.25, 0.3) is 11.3 Å². The minimum atomic E-state index is -0.424. The lowest BCUT2D eigenvalue weighted by molar-refractivity contribution is -0.113. The summed E-state index contributed by atoms with van der Waals surface area (Å²) < 4.78 is 1.78. The highest BCUT2D eigenvalue weighted by atomic mass is 35.5. The van der Waals surface area contributed by atoms with Crippen molar-refractivity contribution in [3.63, 3.8) is 0 Å². The van der Waals surface area contributed by atoms with Gasteiger partial charge in [-0.1, -0.05) is 79.1 Å². The first kappa shape index (κ1) is 27.1. The van der Waals surface area contributed by atoms with Crippen LogP contribution in [0.2, 0.25) is 10.0 Å². The summed E-state index contributed by atoms with van der Waals surface area (Å²) in [6.45, 7) is 3.95. The molecule has 0 aliphatic rings. The molecule has 0 spiro atoms. The largest absolute Gasteiger partial charge is 0.342 e. The number of hydrogen-bond donors (Lipinski definition) is 2. The van der Waals surface area contributed by atoms with Crippen molar-refractivity contribution in [1.29, 1.82) is 0 Å². The predicted octanol–water partition coefficient (Wildman–Crippen LogP) is 6.10. The Morgan fingerprint density at radius 1 is 1.11 bits per heavy atom. The number of carbonyl (C=O) groups excluding carboxylic acids is 2. The van der Waals surface area contributed by atoms with Crippen LogP contribution in [0.1, 0.15) is 36.1 Å². The average molecular weight is 576 g/mol. The third-order valence-corrected chi connectivity index (χ3v) is 7.75. The van der Waals surface area contributed by atoms with E-state index in [1.54, 1.807) is 23.7 Å². The summed E-state index contributed by atoms with van der Waals surface area (Å²) in [5.41, 5.74) is 2.13. The van der Waals surface area contributed by atoms with Gasteiger partial charge in [-0.15, -0.1) is 21.5 Å². The number of rotatable bonds is 9. The third kappa shape index (κ3) is 6.70. The van der Waals surface area contributed by atoms with Crippen molar-refractivity contribution in [2.45, 2.75) is 25.0 Å². The molecule has 2 N–H and O–H groups in total. The van der Waals surface area contributed by atoms with Crippen LogP contribution < -0.4 is 10.6 Å². The fourth-order valence-corrected chi connectivity index (χ4v) is 5.45. The number of thiazole rings is 1. The summed E-state index contributed by atoms with van der Waals surface area (Å²) in [5, 5.41) is 18.1. The van der Waals surface area contributed by atoms with Crippen LogP contribution in [-0.4, -0.2) is 37.3 Å². The van der Waals surface area contributed by atoms with Crippen LogP contribution in [0.4, 0.5) is 5.13 Å². The fourth-order valence-electron chi connectivity index (χ4n) is 3.50. The van der Waals surface area contributed by atoms with Crippen LogP contribution >= 0.6 is 46.3 Å². The van der Waals surface area contributed by atoms with Gasteiger partial charge in [-0.3, -0.25) is 9.59 Å². The van der Waals surface area contributed by atoms with Gasteiger partial charge in [0.25, 0.3) is 5.91 Å². The Labute approximate surface area is 232 Å². The third-order valence-electron chi connectivity index (χ3n) is 5.43. The molecule has 1 atom stereocenters. The van der Waals surface area contributed by atoms with Gasteiger partial charge in [0.2, 0.25) is 5.91 Å². The van der Waals surface area contributed by atoms with E-state index in [2.05, 4.69) is 25.8 Å². The molecule has 0 bridgehead atoms. The molecule has 0 radical (unpaired) electrons. The molecule has 0 unspecified atom stereocenters. The summed E-state index contributed by atoms with van der Waals surface area (Å²) >= 11 is 14.8. The van der Waals surface area contributed by atoms with Gasteiger partial charge >= 0.3 is 0 Å². The number of aromatic nitrogens is 4. The first-order valence-electron chi connectivity index (χ1n) is 11.3. The van der Waals surface area contributed by atoms with Gasteiger partial charge < -0.3 is 15.2 Å². The zero-order valence-electron chi connectivity index (χ0n) is 20.2. The number of thioether (sulfide) groups is 1. The molecule has 8 nitrogen and oxygen atoms in total. The first-order chi connectivity index (χ1) is 17.7. The van der Waals surface area contributed by atoms with Crippen molar-refractivity contribution in [3.05, 3.63) is 75.3 Å². The first-order valence-corrected chi connectivity index (χ1v) is 13.9. The molecule has 2 aromatic heterocycles. The van der Waals surface area contributed by atoms with E-state index in [0.717, 1.165) is 11.3 Å². The summed E-state index contributed by atoms with van der Waals surface area (Å²) in [5.74, 6) is 0.183. The van der Waals surface area contributed by atoms with E-state index in [1.165, 1.54) is 29.2 Å². The number of carbonyl (C=O) groups is 2. The Bertz CT molecular complexity index is 1410. The highest BCUT2D eigenvalue weighted by Crippen LogP contribution is 2.27. The number of benzene rings is 2. The smallest absolute Gasteiger partial charge is 0.253 e. The van der Waals surface area contributed by atoms with E-state index in [9.17, 15) is 9.59 Å². The normalized spacial score (nSPS) is 11.9. The minimum Gasteiger partial charge on any atom is -0.342 e. The predicted molar refractivity (Wildman–Crippen MR) is 149 cm³/mol. The van der Waals surface area contributed by atoms with Crippen molar-refractivity contribution in [2.75, 3.05) is 11.1 Å². The van der Waals surface area contributed by atoms with Crippen molar-refractivity contribution in [2.24, 2.45) is 13.0 Å².